The Hall–Kier alpha value is -3.01. The fourth-order valence-corrected chi connectivity index (χ4v) is 2.89. The van der Waals surface area contributed by atoms with E-state index in [9.17, 15) is 9.18 Å². The van der Waals surface area contributed by atoms with E-state index in [0.717, 1.165) is 5.57 Å². The molecule has 2 aromatic rings. The van der Waals surface area contributed by atoms with E-state index >= 15 is 0 Å². The number of carbonyl (C=O) groups excluding carboxylic acids is 1. The second-order valence-corrected chi connectivity index (χ2v) is 5.99. The first kappa shape index (κ1) is 16.8. The molecule has 1 aromatic heterocycles. The van der Waals surface area contributed by atoms with Crippen LogP contribution < -0.4 is 0 Å². The van der Waals surface area contributed by atoms with Crippen molar-refractivity contribution in [1.29, 1.82) is 0 Å². The highest BCUT2D eigenvalue weighted by Crippen LogP contribution is 2.31. The molecule has 1 aliphatic carbocycles. The zero-order chi connectivity index (χ0) is 18.0. The summed E-state index contributed by atoms with van der Waals surface area (Å²) >= 11 is 0. The molecule has 1 aliphatic rings. The van der Waals surface area contributed by atoms with Gasteiger partial charge in [-0.25, -0.2) is 4.39 Å². The van der Waals surface area contributed by atoms with Crippen molar-refractivity contribution in [2.45, 2.75) is 20.3 Å². The minimum atomic E-state index is -0.262. The number of nitrogens with one attached hydrogen (secondary N) is 1. The number of aromatic nitrogens is 2. The molecule has 4 heteroatoms. The van der Waals surface area contributed by atoms with Crippen LogP contribution in [-0.2, 0) is 4.79 Å². The van der Waals surface area contributed by atoms with Gasteiger partial charge in [-0.3, -0.25) is 9.89 Å². The lowest BCUT2D eigenvalue weighted by molar-refractivity contribution is -0.111. The molecule has 0 atom stereocenters. The molecule has 0 amide bonds. The number of benzene rings is 1. The van der Waals surface area contributed by atoms with Gasteiger partial charge in [-0.1, -0.05) is 36.9 Å². The number of nitrogens with zero attached hydrogens (tertiary/aromatic N) is 1. The molecule has 0 spiro atoms. The molecule has 126 valence electrons. The average molecular weight is 334 g/mol. The summed E-state index contributed by atoms with van der Waals surface area (Å²) in [6, 6.07) is 6.83. The molecule has 3 nitrogen and oxygen atoms in total. The van der Waals surface area contributed by atoms with E-state index in [1.165, 1.54) is 6.07 Å². The Morgan fingerprint density at radius 3 is 2.80 bits per heavy atom. The van der Waals surface area contributed by atoms with Crippen LogP contribution in [0.15, 0.2) is 65.8 Å². The minimum absolute atomic E-state index is 0.0133. The van der Waals surface area contributed by atoms with Gasteiger partial charge in [0.25, 0.3) is 0 Å². The van der Waals surface area contributed by atoms with Crippen LogP contribution in [0.5, 0.6) is 0 Å². The van der Waals surface area contributed by atoms with Gasteiger partial charge in [0.15, 0.2) is 5.78 Å². The smallest absolute Gasteiger partial charge is 0.189 e. The number of aryl methyl sites for hydroxylation is 1. The fraction of sp³-hybridized carbons (Fsp3) is 0.143. The predicted molar refractivity (Wildman–Crippen MR) is 98.4 cm³/mol. The molecule has 0 unspecified atom stereocenters. The first-order valence-electron chi connectivity index (χ1n) is 8.09. The number of rotatable bonds is 4. The van der Waals surface area contributed by atoms with Crippen molar-refractivity contribution in [1.82, 2.24) is 10.2 Å². The number of allylic oxidation sites excluding steroid dienone is 6. The summed E-state index contributed by atoms with van der Waals surface area (Å²) in [6.07, 6.45) is 7.81. The quantitative estimate of drug-likeness (QED) is 0.805. The van der Waals surface area contributed by atoms with Crippen LogP contribution in [0.25, 0.3) is 17.3 Å². The number of hydrogen-bond donors (Lipinski definition) is 1. The Balaban J connectivity index is 1.89. The molecule has 25 heavy (non-hydrogen) atoms. The summed E-state index contributed by atoms with van der Waals surface area (Å²) in [5.74, 6) is -0.275. The van der Waals surface area contributed by atoms with Crippen molar-refractivity contribution in [2.75, 3.05) is 0 Å². The number of halogens is 1. The number of Topliss-reactive ketones (excluding diaryl/α,β-unsaturated/α-hetero) is 1. The van der Waals surface area contributed by atoms with Crippen LogP contribution in [0, 0.1) is 12.7 Å². The second-order valence-electron chi connectivity index (χ2n) is 5.99. The van der Waals surface area contributed by atoms with Crippen LogP contribution in [0.3, 0.4) is 0 Å². The van der Waals surface area contributed by atoms with Gasteiger partial charge < -0.3 is 0 Å². The Bertz CT molecular complexity index is 945. The van der Waals surface area contributed by atoms with Crippen molar-refractivity contribution in [2.24, 2.45) is 0 Å². The third-order valence-electron chi connectivity index (χ3n) is 4.23. The summed E-state index contributed by atoms with van der Waals surface area (Å²) in [4.78, 5) is 12.5. The zero-order valence-corrected chi connectivity index (χ0v) is 14.3. The summed E-state index contributed by atoms with van der Waals surface area (Å²) in [5.41, 5.74) is 4.94. The average Bonchev–Trinajstić information content (AvgIpc) is 3.16. The highest BCUT2D eigenvalue weighted by molar-refractivity contribution is 6.16. The van der Waals surface area contributed by atoms with Crippen molar-refractivity contribution in [3.8, 4) is 11.3 Å². The highest BCUT2D eigenvalue weighted by atomic mass is 19.1. The van der Waals surface area contributed by atoms with E-state index in [1.807, 2.05) is 31.2 Å². The SMILES string of the molecule is C=CC1=C(/C=C\C)C/C(=C\c2cc(-c3ccc(C)c(F)c3)n[nH]2)C1=O. The van der Waals surface area contributed by atoms with E-state index < -0.39 is 0 Å². The van der Waals surface area contributed by atoms with Crippen molar-refractivity contribution >= 4 is 11.9 Å². The Kier molecular flexibility index (Phi) is 4.61. The van der Waals surface area contributed by atoms with Crippen LogP contribution in [0.4, 0.5) is 4.39 Å². The lowest BCUT2D eigenvalue weighted by atomic mass is 10.1. The third-order valence-corrected chi connectivity index (χ3v) is 4.23. The number of hydrogen-bond acceptors (Lipinski definition) is 2. The van der Waals surface area contributed by atoms with Gasteiger partial charge in [0, 0.05) is 23.1 Å². The van der Waals surface area contributed by atoms with Gasteiger partial charge in [-0.2, -0.15) is 5.10 Å². The zero-order valence-electron chi connectivity index (χ0n) is 14.3. The topological polar surface area (TPSA) is 45.8 Å². The molecular formula is C21H19FN2O. The third kappa shape index (κ3) is 3.29. The highest BCUT2D eigenvalue weighted by Gasteiger charge is 2.24. The predicted octanol–water partition coefficient (Wildman–Crippen LogP) is 4.94. The summed E-state index contributed by atoms with van der Waals surface area (Å²) in [6.45, 7) is 7.37. The molecule has 0 radical (unpaired) electrons. The van der Waals surface area contributed by atoms with E-state index in [2.05, 4.69) is 16.8 Å². The van der Waals surface area contributed by atoms with Gasteiger partial charge in [-0.05, 0) is 43.2 Å². The molecule has 1 aromatic carbocycles. The van der Waals surface area contributed by atoms with E-state index in [0.29, 0.717) is 40.1 Å². The maximum absolute atomic E-state index is 13.7. The van der Waals surface area contributed by atoms with Gasteiger partial charge in [0.05, 0.1) is 11.4 Å². The number of aromatic amines is 1. The minimum Gasteiger partial charge on any atom is -0.289 e. The molecule has 0 aliphatic heterocycles. The van der Waals surface area contributed by atoms with Crippen LogP contribution >= 0.6 is 0 Å². The van der Waals surface area contributed by atoms with Crippen LogP contribution in [0.2, 0.25) is 0 Å². The number of H-pyrrole nitrogens is 1. The van der Waals surface area contributed by atoms with Crippen molar-refractivity contribution in [3.63, 3.8) is 0 Å². The van der Waals surface area contributed by atoms with Crippen LogP contribution in [-0.4, -0.2) is 16.0 Å². The summed E-state index contributed by atoms with van der Waals surface area (Å²) < 4.78 is 13.7. The lowest BCUT2D eigenvalue weighted by Crippen LogP contribution is -1.96. The second kappa shape index (κ2) is 6.85. The van der Waals surface area contributed by atoms with Gasteiger partial charge in [0.1, 0.15) is 5.82 Å². The van der Waals surface area contributed by atoms with E-state index in [4.69, 9.17) is 0 Å². The van der Waals surface area contributed by atoms with E-state index in [1.54, 1.807) is 25.1 Å². The molecule has 0 saturated heterocycles. The fourth-order valence-electron chi connectivity index (χ4n) is 2.89. The maximum Gasteiger partial charge on any atom is 0.189 e. The van der Waals surface area contributed by atoms with Crippen LogP contribution in [0.1, 0.15) is 24.6 Å². The lowest BCUT2D eigenvalue weighted by Gasteiger charge is -1.99. The molecule has 3 rings (SSSR count). The Labute approximate surface area is 146 Å². The van der Waals surface area contributed by atoms with Crippen molar-refractivity contribution < 1.29 is 9.18 Å². The molecule has 0 saturated carbocycles. The molecule has 1 N–H and O–H groups in total. The summed E-state index contributed by atoms with van der Waals surface area (Å²) in [7, 11) is 0. The first-order chi connectivity index (χ1) is 12.0. The Morgan fingerprint density at radius 2 is 2.12 bits per heavy atom. The number of carbonyl (C=O) groups is 1. The van der Waals surface area contributed by atoms with E-state index in [-0.39, 0.29) is 11.6 Å². The first-order valence-corrected chi connectivity index (χ1v) is 8.09. The molecule has 1 heterocycles. The molecular weight excluding hydrogens is 315 g/mol. The number of ketones is 1. The normalized spacial score (nSPS) is 16.4. The van der Waals surface area contributed by atoms with Gasteiger partial charge >= 0.3 is 0 Å². The largest absolute Gasteiger partial charge is 0.289 e. The van der Waals surface area contributed by atoms with Crippen molar-refractivity contribution in [3.05, 3.63) is 82.9 Å². The standard InChI is InChI=1S/C21H19FN2O/c1-4-6-14-9-16(21(25)18(14)5-2)10-17-12-20(24-23-17)15-8-7-13(3)19(22)11-15/h4-8,10-12H,2,9H2,1,3H3,(H,23,24)/b6-4-,16-10+. The Morgan fingerprint density at radius 1 is 1.32 bits per heavy atom. The monoisotopic (exact) mass is 334 g/mol. The summed E-state index contributed by atoms with van der Waals surface area (Å²) in [5, 5.41) is 7.13. The van der Waals surface area contributed by atoms with Gasteiger partial charge in [0.2, 0.25) is 0 Å². The van der Waals surface area contributed by atoms with Gasteiger partial charge in [-0.15, -0.1) is 0 Å². The molecule has 0 bridgehead atoms. The molecule has 0 fully saturated rings. The maximum atomic E-state index is 13.7.